The van der Waals surface area contributed by atoms with Crippen molar-refractivity contribution in [2.24, 2.45) is 0 Å². The third-order valence-electron chi connectivity index (χ3n) is 3.51. The average molecular weight is 345 g/mol. The number of nitrogens with one attached hydrogen (secondary N) is 1. The van der Waals surface area contributed by atoms with Crippen molar-refractivity contribution >= 4 is 23.2 Å². The third-order valence-corrected chi connectivity index (χ3v) is 3.51. The van der Waals surface area contributed by atoms with E-state index in [9.17, 15) is 24.1 Å². The van der Waals surface area contributed by atoms with Crippen LogP contribution in [-0.2, 0) is 4.79 Å². The summed E-state index contributed by atoms with van der Waals surface area (Å²) in [5, 5.41) is 13.7. The van der Waals surface area contributed by atoms with Gasteiger partial charge in [0.1, 0.15) is 11.4 Å². The molecule has 2 aromatic rings. The van der Waals surface area contributed by atoms with Gasteiger partial charge in [-0.3, -0.25) is 19.7 Å². The first-order valence-corrected chi connectivity index (χ1v) is 7.34. The maximum absolute atomic E-state index is 12.8. The number of nitrogens with zero attached hydrogens (tertiary/aromatic N) is 2. The number of benzene rings is 2. The van der Waals surface area contributed by atoms with E-state index in [0.29, 0.717) is 11.3 Å². The van der Waals surface area contributed by atoms with Crippen molar-refractivity contribution in [1.82, 2.24) is 4.90 Å². The van der Waals surface area contributed by atoms with E-state index in [2.05, 4.69) is 5.32 Å². The number of hydrogen-bond acceptors (Lipinski definition) is 4. The summed E-state index contributed by atoms with van der Waals surface area (Å²) in [6.45, 7) is 1.23. The number of carbonyl (C=O) groups is 2. The lowest BCUT2D eigenvalue weighted by molar-refractivity contribution is -0.385. The minimum atomic E-state index is -0.635. The van der Waals surface area contributed by atoms with Crippen molar-refractivity contribution in [3.8, 4) is 0 Å². The summed E-state index contributed by atoms with van der Waals surface area (Å²) in [5.74, 6) is -1.57. The number of nitro groups is 1. The number of carbonyl (C=O) groups excluding carboxylic acids is 2. The van der Waals surface area contributed by atoms with Gasteiger partial charge in [-0.05, 0) is 37.3 Å². The van der Waals surface area contributed by atoms with E-state index < -0.39 is 22.6 Å². The second-order valence-electron chi connectivity index (χ2n) is 5.44. The molecule has 0 unspecified atom stereocenters. The summed E-state index contributed by atoms with van der Waals surface area (Å²) in [5.41, 5.74) is 0.383. The van der Waals surface area contributed by atoms with Crippen LogP contribution in [0.1, 0.15) is 15.9 Å². The fourth-order valence-corrected chi connectivity index (χ4v) is 2.30. The van der Waals surface area contributed by atoms with Gasteiger partial charge in [-0.25, -0.2) is 4.39 Å². The largest absolute Gasteiger partial charge is 0.332 e. The Kier molecular flexibility index (Phi) is 5.43. The molecule has 0 heterocycles. The lowest BCUT2D eigenvalue weighted by Crippen LogP contribution is -2.35. The first kappa shape index (κ1) is 18.1. The van der Waals surface area contributed by atoms with Crippen LogP contribution in [0.3, 0.4) is 0 Å². The van der Waals surface area contributed by atoms with Crippen molar-refractivity contribution < 1.29 is 18.9 Å². The normalized spacial score (nSPS) is 10.2. The number of amides is 2. The van der Waals surface area contributed by atoms with Gasteiger partial charge >= 0.3 is 0 Å². The van der Waals surface area contributed by atoms with Crippen LogP contribution in [0.5, 0.6) is 0 Å². The molecule has 2 amide bonds. The van der Waals surface area contributed by atoms with E-state index in [1.54, 1.807) is 6.07 Å². The second kappa shape index (κ2) is 7.52. The number of para-hydroxylation sites is 1. The molecule has 0 saturated heterocycles. The highest BCUT2D eigenvalue weighted by molar-refractivity contribution is 6.01. The lowest BCUT2D eigenvalue weighted by Gasteiger charge is -2.17. The molecule has 25 heavy (non-hydrogen) atoms. The number of anilines is 1. The number of rotatable bonds is 5. The summed E-state index contributed by atoms with van der Waals surface area (Å²) in [4.78, 5) is 36.1. The molecule has 2 rings (SSSR count). The molecule has 130 valence electrons. The first-order valence-electron chi connectivity index (χ1n) is 7.34. The molecular weight excluding hydrogens is 329 g/mol. The summed E-state index contributed by atoms with van der Waals surface area (Å²) in [6, 6.07) is 9.60. The lowest BCUT2D eigenvalue weighted by atomic mass is 10.1. The monoisotopic (exact) mass is 345 g/mol. The van der Waals surface area contributed by atoms with Crippen molar-refractivity contribution in [2.45, 2.75) is 6.92 Å². The second-order valence-corrected chi connectivity index (χ2v) is 5.44. The van der Waals surface area contributed by atoms with Crippen LogP contribution in [0.15, 0.2) is 42.5 Å². The van der Waals surface area contributed by atoms with Crippen LogP contribution in [0.25, 0.3) is 0 Å². The SMILES string of the molecule is Cc1cccc(C(=O)N(C)CC(=O)Nc2ccc(F)cc2)c1[N+](=O)[O-]. The molecule has 0 aromatic heterocycles. The number of aryl methyl sites for hydroxylation is 1. The van der Waals surface area contributed by atoms with E-state index in [-0.39, 0.29) is 17.8 Å². The summed E-state index contributed by atoms with van der Waals surface area (Å²) in [7, 11) is 1.37. The Morgan fingerprint density at radius 2 is 1.84 bits per heavy atom. The van der Waals surface area contributed by atoms with Crippen LogP contribution in [0.4, 0.5) is 15.8 Å². The van der Waals surface area contributed by atoms with Gasteiger partial charge < -0.3 is 10.2 Å². The Bertz CT molecular complexity index is 821. The van der Waals surface area contributed by atoms with Crippen molar-refractivity contribution in [1.29, 1.82) is 0 Å². The van der Waals surface area contributed by atoms with Crippen molar-refractivity contribution in [3.63, 3.8) is 0 Å². The molecule has 0 bridgehead atoms. The van der Waals surface area contributed by atoms with Gasteiger partial charge in [0, 0.05) is 18.3 Å². The van der Waals surface area contributed by atoms with Crippen LogP contribution in [-0.4, -0.2) is 35.2 Å². The standard InChI is InChI=1S/C17H16FN3O4/c1-11-4-3-5-14(16(11)21(24)25)17(23)20(2)10-15(22)19-13-8-6-12(18)7-9-13/h3-9H,10H2,1-2H3,(H,19,22). The molecule has 1 N–H and O–H groups in total. The predicted molar refractivity (Wildman–Crippen MR) is 89.8 cm³/mol. The first-order chi connectivity index (χ1) is 11.8. The molecular formula is C17H16FN3O4. The number of nitro benzene ring substituents is 1. The zero-order chi connectivity index (χ0) is 18.6. The zero-order valence-corrected chi connectivity index (χ0v) is 13.7. The molecule has 0 atom stereocenters. The summed E-state index contributed by atoms with van der Waals surface area (Å²) >= 11 is 0. The van der Waals surface area contributed by atoms with Gasteiger partial charge in [-0.2, -0.15) is 0 Å². The summed E-state index contributed by atoms with van der Waals surface area (Å²) < 4.78 is 12.8. The third kappa shape index (κ3) is 4.37. The maximum Gasteiger partial charge on any atom is 0.285 e. The van der Waals surface area contributed by atoms with Gasteiger partial charge in [0.2, 0.25) is 5.91 Å². The molecule has 0 aliphatic rings. The van der Waals surface area contributed by atoms with E-state index >= 15 is 0 Å². The van der Waals surface area contributed by atoms with Crippen LogP contribution >= 0.6 is 0 Å². The van der Waals surface area contributed by atoms with Crippen molar-refractivity contribution in [3.05, 3.63) is 69.5 Å². The summed E-state index contributed by atoms with van der Waals surface area (Å²) in [6.07, 6.45) is 0. The van der Waals surface area contributed by atoms with Gasteiger partial charge in [-0.15, -0.1) is 0 Å². The molecule has 0 spiro atoms. The molecule has 0 fully saturated rings. The molecule has 0 aliphatic heterocycles. The minimum absolute atomic E-state index is 0.0814. The number of likely N-dealkylation sites (N-methyl/N-ethyl adjacent to an activating group) is 1. The van der Waals surface area contributed by atoms with Gasteiger partial charge in [-0.1, -0.05) is 12.1 Å². The van der Waals surface area contributed by atoms with Crippen molar-refractivity contribution in [2.75, 3.05) is 18.9 Å². The molecule has 0 radical (unpaired) electrons. The Labute approximate surface area is 143 Å². The van der Waals surface area contributed by atoms with E-state index in [1.807, 2.05) is 0 Å². The zero-order valence-electron chi connectivity index (χ0n) is 13.7. The van der Waals surface area contributed by atoms with Crippen LogP contribution in [0, 0.1) is 22.9 Å². The highest BCUT2D eigenvalue weighted by atomic mass is 19.1. The predicted octanol–water partition coefficient (Wildman–Crippen LogP) is 2.75. The van der Waals surface area contributed by atoms with Crippen LogP contribution < -0.4 is 5.32 Å². The Morgan fingerprint density at radius 1 is 1.20 bits per heavy atom. The quantitative estimate of drug-likeness (QED) is 0.666. The minimum Gasteiger partial charge on any atom is -0.332 e. The smallest absolute Gasteiger partial charge is 0.285 e. The molecule has 2 aromatic carbocycles. The fourth-order valence-electron chi connectivity index (χ4n) is 2.30. The van der Waals surface area contributed by atoms with E-state index in [0.717, 1.165) is 4.90 Å². The molecule has 0 aliphatic carbocycles. The fraction of sp³-hybridized carbons (Fsp3) is 0.176. The van der Waals surface area contributed by atoms with Crippen LogP contribution in [0.2, 0.25) is 0 Å². The molecule has 0 saturated carbocycles. The van der Waals surface area contributed by atoms with E-state index in [1.165, 1.54) is 50.4 Å². The Morgan fingerprint density at radius 3 is 2.44 bits per heavy atom. The number of halogens is 1. The van der Waals surface area contributed by atoms with E-state index in [4.69, 9.17) is 0 Å². The number of hydrogen-bond donors (Lipinski definition) is 1. The van der Waals surface area contributed by atoms with Gasteiger partial charge in [0.05, 0.1) is 11.5 Å². The Hall–Kier alpha value is -3.29. The highest BCUT2D eigenvalue weighted by Gasteiger charge is 2.25. The van der Waals surface area contributed by atoms with Gasteiger partial charge in [0.25, 0.3) is 11.6 Å². The Balaban J connectivity index is 2.10. The molecule has 7 nitrogen and oxygen atoms in total. The average Bonchev–Trinajstić information content (AvgIpc) is 2.55. The highest BCUT2D eigenvalue weighted by Crippen LogP contribution is 2.24. The molecule has 8 heteroatoms. The maximum atomic E-state index is 12.8. The van der Waals surface area contributed by atoms with Gasteiger partial charge in [0.15, 0.2) is 0 Å². The topological polar surface area (TPSA) is 92.6 Å².